The van der Waals surface area contributed by atoms with Crippen molar-refractivity contribution in [2.45, 2.75) is 13.0 Å². The molecule has 1 amide bonds. The molecule has 0 aliphatic carbocycles. The summed E-state index contributed by atoms with van der Waals surface area (Å²) in [6.07, 6.45) is 6.85. The molecule has 1 atom stereocenters. The number of piperazine rings is 1. The molecule has 1 aliphatic heterocycles. The van der Waals surface area contributed by atoms with Crippen molar-refractivity contribution in [3.8, 4) is 5.82 Å². The molecule has 110 valence electrons. The third-order valence-electron chi connectivity index (χ3n) is 3.85. The molecule has 2 aromatic heterocycles. The predicted octanol–water partition coefficient (Wildman–Crippen LogP) is 1.04. The number of imidazole rings is 1. The molecule has 3 heterocycles. The van der Waals surface area contributed by atoms with E-state index in [1.165, 1.54) is 0 Å². The summed E-state index contributed by atoms with van der Waals surface area (Å²) in [5, 5.41) is 0. The molecule has 6 nitrogen and oxygen atoms in total. The van der Waals surface area contributed by atoms with E-state index in [-0.39, 0.29) is 11.9 Å². The fourth-order valence-corrected chi connectivity index (χ4v) is 2.69. The molecule has 1 fully saturated rings. The van der Waals surface area contributed by atoms with Gasteiger partial charge in [-0.15, -0.1) is 0 Å². The fraction of sp³-hybridized carbons (Fsp3) is 0.400. The van der Waals surface area contributed by atoms with Gasteiger partial charge in [-0.2, -0.15) is 0 Å². The van der Waals surface area contributed by atoms with Gasteiger partial charge in [0.25, 0.3) is 5.91 Å². The van der Waals surface area contributed by atoms with Gasteiger partial charge in [0.15, 0.2) is 0 Å². The molecular formula is C15H19N5O. The van der Waals surface area contributed by atoms with Crippen LogP contribution < -0.4 is 0 Å². The molecule has 0 spiro atoms. The normalized spacial score (nSPS) is 19.7. The van der Waals surface area contributed by atoms with Crippen LogP contribution in [0.4, 0.5) is 0 Å². The Labute approximate surface area is 124 Å². The maximum atomic E-state index is 12.7. The third-order valence-corrected chi connectivity index (χ3v) is 3.85. The topological polar surface area (TPSA) is 54.3 Å². The number of carbonyl (C=O) groups excluding carboxylic acids is 1. The summed E-state index contributed by atoms with van der Waals surface area (Å²) < 4.78 is 1.80. The van der Waals surface area contributed by atoms with E-state index in [2.05, 4.69) is 28.8 Å². The number of aromatic nitrogens is 3. The van der Waals surface area contributed by atoms with Gasteiger partial charge in [-0.05, 0) is 26.1 Å². The Kier molecular flexibility index (Phi) is 3.70. The smallest absolute Gasteiger partial charge is 0.254 e. The number of nitrogens with zero attached hydrogens (tertiary/aromatic N) is 5. The Balaban J connectivity index is 1.83. The first-order chi connectivity index (χ1) is 10.1. The molecule has 0 radical (unpaired) electrons. The van der Waals surface area contributed by atoms with Gasteiger partial charge in [-0.1, -0.05) is 0 Å². The minimum atomic E-state index is 0.0689. The largest absolute Gasteiger partial charge is 0.333 e. The zero-order valence-corrected chi connectivity index (χ0v) is 12.3. The number of rotatable bonds is 2. The van der Waals surface area contributed by atoms with Crippen molar-refractivity contribution in [2.75, 3.05) is 26.7 Å². The molecule has 2 aromatic rings. The van der Waals surface area contributed by atoms with E-state index >= 15 is 0 Å². The van der Waals surface area contributed by atoms with E-state index in [1.54, 1.807) is 29.4 Å². The minimum absolute atomic E-state index is 0.0689. The minimum Gasteiger partial charge on any atom is -0.333 e. The Hall–Kier alpha value is -2.21. The summed E-state index contributed by atoms with van der Waals surface area (Å²) in [5.41, 5.74) is 0.671. The Bertz CT molecular complexity index is 625. The van der Waals surface area contributed by atoms with E-state index in [9.17, 15) is 4.79 Å². The Morgan fingerprint density at radius 1 is 1.33 bits per heavy atom. The average molecular weight is 285 g/mol. The molecular weight excluding hydrogens is 266 g/mol. The third kappa shape index (κ3) is 2.80. The highest BCUT2D eigenvalue weighted by Crippen LogP contribution is 2.14. The van der Waals surface area contributed by atoms with Crippen LogP contribution in [0.5, 0.6) is 0 Å². The van der Waals surface area contributed by atoms with Crippen molar-refractivity contribution in [3.63, 3.8) is 0 Å². The van der Waals surface area contributed by atoms with Crippen molar-refractivity contribution < 1.29 is 4.79 Å². The molecule has 0 unspecified atom stereocenters. The van der Waals surface area contributed by atoms with Gasteiger partial charge >= 0.3 is 0 Å². The lowest BCUT2D eigenvalue weighted by Crippen LogP contribution is -2.52. The first kappa shape index (κ1) is 13.8. The van der Waals surface area contributed by atoms with Gasteiger partial charge in [0.05, 0.1) is 0 Å². The maximum Gasteiger partial charge on any atom is 0.254 e. The number of pyridine rings is 1. The highest BCUT2D eigenvalue weighted by atomic mass is 16.2. The molecule has 21 heavy (non-hydrogen) atoms. The number of amides is 1. The van der Waals surface area contributed by atoms with Gasteiger partial charge in [-0.25, -0.2) is 9.97 Å². The summed E-state index contributed by atoms with van der Waals surface area (Å²) >= 11 is 0. The molecule has 0 aromatic carbocycles. The van der Waals surface area contributed by atoms with Crippen molar-refractivity contribution in [2.24, 2.45) is 0 Å². The van der Waals surface area contributed by atoms with Gasteiger partial charge in [0.2, 0.25) is 0 Å². The van der Waals surface area contributed by atoms with Gasteiger partial charge in [-0.3, -0.25) is 9.36 Å². The number of carbonyl (C=O) groups is 1. The van der Waals surface area contributed by atoms with Crippen molar-refractivity contribution >= 4 is 5.91 Å². The SMILES string of the molecule is C[C@@H]1CN(C)CCN1C(=O)c1ccnc(-n2ccnc2)c1. The van der Waals surface area contributed by atoms with Gasteiger partial charge in [0, 0.05) is 49.8 Å². The van der Waals surface area contributed by atoms with E-state index in [4.69, 9.17) is 0 Å². The second-order valence-electron chi connectivity index (χ2n) is 5.48. The fourth-order valence-electron chi connectivity index (χ4n) is 2.69. The molecule has 0 bridgehead atoms. The summed E-state index contributed by atoms with van der Waals surface area (Å²) in [6.45, 7) is 4.67. The molecule has 0 saturated carbocycles. The standard InChI is InChI=1S/C15H19N5O/c1-12-10-18(2)7-8-20(12)15(21)13-3-4-17-14(9-13)19-6-5-16-11-19/h3-6,9,11-12H,7-8,10H2,1-2H3/t12-/m1/s1. The molecule has 6 heteroatoms. The van der Waals surface area contributed by atoms with Crippen LogP contribution in [0, 0.1) is 0 Å². The number of hydrogen-bond acceptors (Lipinski definition) is 4. The second kappa shape index (κ2) is 5.65. The predicted molar refractivity (Wildman–Crippen MR) is 79.4 cm³/mol. The van der Waals surface area contributed by atoms with Crippen molar-refractivity contribution in [1.82, 2.24) is 24.3 Å². The molecule has 0 N–H and O–H groups in total. The van der Waals surface area contributed by atoms with E-state index in [0.717, 1.165) is 19.6 Å². The Morgan fingerprint density at radius 3 is 2.90 bits per heavy atom. The maximum absolute atomic E-state index is 12.7. The average Bonchev–Trinajstić information content (AvgIpc) is 3.01. The quantitative estimate of drug-likeness (QED) is 0.827. The first-order valence-electron chi connectivity index (χ1n) is 7.09. The van der Waals surface area contributed by atoms with Crippen LogP contribution in [-0.2, 0) is 0 Å². The summed E-state index contributed by atoms with van der Waals surface area (Å²) in [4.78, 5) is 25.2. The van der Waals surface area contributed by atoms with Gasteiger partial charge in [0.1, 0.15) is 12.1 Å². The van der Waals surface area contributed by atoms with E-state index in [1.807, 2.05) is 17.2 Å². The van der Waals surface area contributed by atoms with Crippen LogP contribution >= 0.6 is 0 Å². The number of likely N-dealkylation sites (N-methyl/N-ethyl adjacent to an activating group) is 1. The van der Waals surface area contributed by atoms with Crippen LogP contribution in [0.1, 0.15) is 17.3 Å². The zero-order chi connectivity index (χ0) is 14.8. The summed E-state index contributed by atoms with van der Waals surface area (Å²) in [6, 6.07) is 3.81. The van der Waals surface area contributed by atoms with Crippen molar-refractivity contribution in [3.05, 3.63) is 42.6 Å². The summed E-state index contributed by atoms with van der Waals surface area (Å²) in [7, 11) is 2.09. The lowest BCUT2D eigenvalue weighted by molar-refractivity contribution is 0.0533. The molecule has 1 saturated heterocycles. The summed E-state index contributed by atoms with van der Waals surface area (Å²) in [5.74, 6) is 0.777. The lowest BCUT2D eigenvalue weighted by atomic mass is 10.1. The van der Waals surface area contributed by atoms with Crippen molar-refractivity contribution in [1.29, 1.82) is 0 Å². The van der Waals surface area contributed by atoms with Crippen LogP contribution in [0.2, 0.25) is 0 Å². The molecule has 1 aliphatic rings. The second-order valence-corrected chi connectivity index (χ2v) is 5.48. The zero-order valence-electron chi connectivity index (χ0n) is 12.3. The monoisotopic (exact) mass is 285 g/mol. The van der Waals surface area contributed by atoms with Crippen LogP contribution in [0.25, 0.3) is 5.82 Å². The lowest BCUT2D eigenvalue weighted by Gasteiger charge is -2.38. The van der Waals surface area contributed by atoms with Gasteiger partial charge < -0.3 is 9.80 Å². The number of hydrogen-bond donors (Lipinski definition) is 0. The first-order valence-corrected chi connectivity index (χ1v) is 7.09. The highest BCUT2D eigenvalue weighted by molar-refractivity contribution is 5.94. The highest BCUT2D eigenvalue weighted by Gasteiger charge is 2.26. The van der Waals surface area contributed by atoms with E-state index < -0.39 is 0 Å². The van der Waals surface area contributed by atoms with E-state index in [0.29, 0.717) is 11.4 Å². The molecule has 3 rings (SSSR count). The van der Waals surface area contributed by atoms with Crippen LogP contribution in [-0.4, -0.2) is 63.0 Å². The Morgan fingerprint density at radius 2 is 2.19 bits per heavy atom. The van der Waals surface area contributed by atoms with Crippen LogP contribution in [0.3, 0.4) is 0 Å². The van der Waals surface area contributed by atoms with Crippen LogP contribution in [0.15, 0.2) is 37.1 Å².